The van der Waals surface area contributed by atoms with Gasteiger partial charge in [0.1, 0.15) is 11.2 Å². The van der Waals surface area contributed by atoms with Gasteiger partial charge in [-0.15, -0.1) is 0 Å². The Hall–Kier alpha value is -3.88. The zero-order valence-corrected chi connectivity index (χ0v) is 17.1. The van der Waals surface area contributed by atoms with Crippen molar-refractivity contribution in [3.63, 3.8) is 0 Å². The molecule has 0 unspecified atom stereocenters. The molecule has 31 heavy (non-hydrogen) atoms. The summed E-state index contributed by atoms with van der Waals surface area (Å²) in [6.45, 7) is 5.28. The van der Waals surface area contributed by atoms with Gasteiger partial charge >= 0.3 is 0 Å². The van der Waals surface area contributed by atoms with Crippen LogP contribution in [-0.2, 0) is 6.54 Å². The first kappa shape index (κ1) is 19.1. The molecule has 9 heteroatoms. The zero-order chi connectivity index (χ0) is 21.5. The molecule has 0 radical (unpaired) electrons. The largest absolute Gasteiger partial charge is 0.339 e. The van der Waals surface area contributed by atoms with Crippen LogP contribution in [0.4, 0.5) is 0 Å². The van der Waals surface area contributed by atoms with Gasteiger partial charge < -0.3 is 14.0 Å². The summed E-state index contributed by atoms with van der Waals surface area (Å²) < 4.78 is 7.22. The van der Waals surface area contributed by atoms with Gasteiger partial charge in [0.15, 0.2) is 0 Å². The molecule has 1 fully saturated rings. The molecular weight excluding hydrogens is 396 g/mol. The number of nitrogens with zero attached hydrogens (tertiary/aromatic N) is 6. The number of carbonyl (C=O) groups is 1. The van der Waals surface area contributed by atoms with E-state index in [1.807, 2.05) is 24.5 Å². The summed E-state index contributed by atoms with van der Waals surface area (Å²) in [5.41, 5.74) is 2.05. The van der Waals surface area contributed by atoms with E-state index in [2.05, 4.69) is 20.1 Å². The fraction of sp³-hybridized carbons (Fsp3) is 0.273. The minimum atomic E-state index is -0.294. The van der Waals surface area contributed by atoms with Crippen molar-refractivity contribution in [3.05, 3.63) is 70.2 Å². The lowest BCUT2D eigenvalue weighted by Crippen LogP contribution is -2.49. The predicted molar refractivity (Wildman–Crippen MR) is 113 cm³/mol. The summed E-state index contributed by atoms with van der Waals surface area (Å²) in [5, 5.41) is 4.46. The molecule has 156 valence electrons. The van der Waals surface area contributed by atoms with Gasteiger partial charge in [-0.1, -0.05) is 5.16 Å². The van der Waals surface area contributed by atoms with Crippen molar-refractivity contribution < 1.29 is 9.32 Å². The molecule has 0 spiro atoms. The van der Waals surface area contributed by atoms with Crippen molar-refractivity contribution in [1.82, 2.24) is 29.6 Å². The van der Waals surface area contributed by atoms with Gasteiger partial charge in [0.2, 0.25) is 17.1 Å². The second-order valence-corrected chi connectivity index (χ2v) is 7.59. The molecule has 1 amide bonds. The normalized spacial score (nSPS) is 14.1. The quantitative estimate of drug-likeness (QED) is 0.503. The maximum absolute atomic E-state index is 13.0. The number of hydrogen-bond donors (Lipinski definition) is 0. The Labute approximate surface area is 177 Å². The first-order valence-electron chi connectivity index (χ1n) is 10.1. The van der Waals surface area contributed by atoms with Gasteiger partial charge in [0.25, 0.3) is 5.91 Å². The number of carbonyl (C=O) groups excluding carboxylic acids is 1. The van der Waals surface area contributed by atoms with Crippen LogP contribution in [-0.4, -0.2) is 48.6 Å². The number of aromatic nitrogens is 5. The average Bonchev–Trinajstić information content (AvgIpc) is 3.23. The van der Waals surface area contributed by atoms with Crippen LogP contribution in [0.3, 0.4) is 0 Å². The van der Waals surface area contributed by atoms with Gasteiger partial charge in [0, 0.05) is 49.5 Å². The minimum Gasteiger partial charge on any atom is -0.339 e. The molecular formula is C22H20N6O3. The molecule has 4 aromatic rings. The number of likely N-dealkylation sites (tertiary alicyclic amines) is 1. The van der Waals surface area contributed by atoms with Gasteiger partial charge in [-0.25, -0.2) is 4.98 Å². The molecule has 4 aromatic heterocycles. The minimum absolute atomic E-state index is 0.0555. The Morgan fingerprint density at radius 2 is 2.06 bits per heavy atom. The third kappa shape index (κ3) is 3.27. The highest BCUT2D eigenvalue weighted by Gasteiger charge is 2.37. The molecule has 5 rings (SSSR count). The number of hydrogen-bond acceptors (Lipinski definition) is 7. The van der Waals surface area contributed by atoms with Crippen molar-refractivity contribution >= 4 is 16.9 Å². The topological polar surface area (TPSA) is 107 Å². The molecule has 9 nitrogen and oxygen atoms in total. The zero-order valence-electron chi connectivity index (χ0n) is 17.1. The highest BCUT2D eigenvalue weighted by molar-refractivity contribution is 5.97. The first-order valence-corrected chi connectivity index (χ1v) is 10.1. The van der Waals surface area contributed by atoms with Crippen molar-refractivity contribution in [2.24, 2.45) is 0 Å². The van der Waals surface area contributed by atoms with Crippen LogP contribution in [0.1, 0.15) is 34.8 Å². The third-order valence-electron chi connectivity index (χ3n) is 5.51. The van der Waals surface area contributed by atoms with Crippen molar-refractivity contribution in [2.45, 2.75) is 26.3 Å². The van der Waals surface area contributed by atoms with Crippen LogP contribution in [0.5, 0.6) is 0 Å². The second-order valence-electron chi connectivity index (χ2n) is 7.59. The van der Waals surface area contributed by atoms with E-state index >= 15 is 0 Å². The number of amides is 1. The van der Waals surface area contributed by atoms with Gasteiger partial charge in [-0.2, -0.15) is 4.98 Å². The van der Waals surface area contributed by atoms with Crippen molar-refractivity contribution in [3.8, 4) is 11.4 Å². The average molecular weight is 416 g/mol. The molecule has 5 heterocycles. The number of aryl methyl sites for hydroxylation is 2. The highest BCUT2D eigenvalue weighted by Crippen LogP contribution is 2.28. The smallest absolute Gasteiger partial charge is 0.259 e. The number of rotatable bonds is 4. The summed E-state index contributed by atoms with van der Waals surface area (Å²) in [6.07, 6.45) is 4.95. The molecule has 1 saturated heterocycles. The van der Waals surface area contributed by atoms with E-state index in [-0.39, 0.29) is 22.8 Å². The Balaban J connectivity index is 1.37. The molecule has 1 aliphatic heterocycles. The monoisotopic (exact) mass is 416 g/mol. The highest BCUT2D eigenvalue weighted by atomic mass is 16.5. The Kier molecular flexibility index (Phi) is 4.58. The van der Waals surface area contributed by atoms with E-state index in [9.17, 15) is 9.59 Å². The maximum Gasteiger partial charge on any atom is 0.259 e. The van der Waals surface area contributed by atoms with Gasteiger partial charge in [-0.3, -0.25) is 14.6 Å². The van der Waals surface area contributed by atoms with Gasteiger partial charge in [-0.05, 0) is 38.1 Å². The standard InChI is InChI=1S/C22H20N6O3/c1-3-27-12-17(18(29)16-7-6-13(2)24-20(16)27)22(30)28-10-15(11-28)21-25-19(26-31-21)14-5-4-8-23-9-14/h4-9,12,15H,3,10-11H2,1-2H3. The van der Waals surface area contributed by atoms with Crippen molar-refractivity contribution in [2.75, 3.05) is 13.1 Å². The first-order chi connectivity index (χ1) is 15.0. The van der Waals surface area contributed by atoms with E-state index in [0.717, 1.165) is 11.3 Å². The number of fused-ring (bicyclic) bond motifs is 1. The summed E-state index contributed by atoms with van der Waals surface area (Å²) in [4.78, 5) is 40.6. The fourth-order valence-corrected chi connectivity index (χ4v) is 3.74. The molecule has 0 atom stereocenters. The Morgan fingerprint density at radius 1 is 1.23 bits per heavy atom. The molecule has 0 bridgehead atoms. The predicted octanol–water partition coefficient (Wildman–Crippen LogP) is 2.41. The Bertz CT molecular complexity index is 1340. The molecule has 1 aliphatic rings. The van der Waals surface area contributed by atoms with Crippen LogP contribution >= 0.6 is 0 Å². The lowest BCUT2D eigenvalue weighted by Gasteiger charge is -2.37. The van der Waals surface area contributed by atoms with E-state index in [1.54, 1.807) is 41.7 Å². The lowest BCUT2D eigenvalue weighted by molar-refractivity contribution is 0.0567. The lowest BCUT2D eigenvalue weighted by atomic mass is 9.98. The van der Waals surface area contributed by atoms with Crippen LogP contribution in [0.2, 0.25) is 0 Å². The van der Waals surface area contributed by atoms with E-state index < -0.39 is 0 Å². The fourth-order valence-electron chi connectivity index (χ4n) is 3.74. The molecule has 0 aromatic carbocycles. The van der Waals surface area contributed by atoms with Crippen LogP contribution in [0, 0.1) is 6.92 Å². The summed E-state index contributed by atoms with van der Waals surface area (Å²) in [6, 6.07) is 7.18. The molecule has 0 aliphatic carbocycles. The van der Waals surface area contributed by atoms with Crippen LogP contribution in [0.15, 0.2) is 52.2 Å². The summed E-state index contributed by atoms with van der Waals surface area (Å²) in [7, 11) is 0. The van der Waals surface area contributed by atoms with E-state index in [4.69, 9.17) is 4.52 Å². The summed E-state index contributed by atoms with van der Waals surface area (Å²) in [5.74, 6) is 0.598. The number of pyridine rings is 3. The van der Waals surface area contributed by atoms with Crippen molar-refractivity contribution in [1.29, 1.82) is 0 Å². The van der Waals surface area contributed by atoms with Crippen LogP contribution in [0.25, 0.3) is 22.4 Å². The summed E-state index contributed by atoms with van der Waals surface area (Å²) >= 11 is 0. The van der Waals surface area contributed by atoms with Crippen LogP contribution < -0.4 is 5.43 Å². The molecule has 0 saturated carbocycles. The van der Waals surface area contributed by atoms with Gasteiger partial charge in [0.05, 0.1) is 11.3 Å². The SMILES string of the molecule is CCn1cc(C(=O)N2CC(c3nc(-c4cccnc4)no3)C2)c(=O)c2ccc(C)nc21. The Morgan fingerprint density at radius 3 is 2.81 bits per heavy atom. The third-order valence-corrected chi connectivity index (χ3v) is 5.51. The van der Waals surface area contributed by atoms with E-state index in [0.29, 0.717) is 42.4 Å². The molecule has 0 N–H and O–H groups in total. The second kappa shape index (κ2) is 7.42. The maximum atomic E-state index is 13.0. The van der Waals surface area contributed by atoms with E-state index in [1.165, 1.54) is 0 Å².